The topological polar surface area (TPSA) is 108 Å². The quantitative estimate of drug-likeness (QED) is 0.307. The lowest BCUT2D eigenvalue weighted by atomic mass is 9.90. The standard InChI is InChI=1S/C35H35N5O5/c1-23-30(21-38-17-19-39(20-18-38)35-36-15-4-16-37-35)44-34(45-31(23)25-9-7-24(22-41)8-10-25)26-11-13-27(14-12-26)40-32(42)28-5-2-3-6-29(28)33(40)43/h2-16,23,30-31,34,41H,17-22H2,1H3. The molecule has 2 fully saturated rings. The number of fused-ring (bicyclic) bond motifs is 1. The minimum Gasteiger partial charge on any atom is -0.392 e. The van der Waals surface area contributed by atoms with Gasteiger partial charge in [-0.2, -0.15) is 0 Å². The minimum atomic E-state index is -0.649. The first-order chi connectivity index (χ1) is 22.0. The third kappa shape index (κ3) is 5.73. The molecule has 7 rings (SSSR count). The first kappa shape index (κ1) is 29.2. The van der Waals surface area contributed by atoms with Gasteiger partial charge in [0.15, 0.2) is 6.29 Å². The van der Waals surface area contributed by atoms with E-state index in [1.165, 1.54) is 4.90 Å². The normalized spacial score (nSPS) is 23.8. The summed E-state index contributed by atoms with van der Waals surface area (Å²) in [7, 11) is 0. The van der Waals surface area contributed by atoms with Crippen molar-refractivity contribution in [3.05, 3.63) is 119 Å². The molecule has 3 aromatic carbocycles. The zero-order chi connectivity index (χ0) is 30.9. The number of anilines is 2. The van der Waals surface area contributed by atoms with Crippen LogP contribution in [0.4, 0.5) is 11.6 Å². The Bertz CT molecular complexity index is 1620. The van der Waals surface area contributed by atoms with Gasteiger partial charge in [-0.25, -0.2) is 14.9 Å². The van der Waals surface area contributed by atoms with Crippen molar-refractivity contribution in [2.75, 3.05) is 42.5 Å². The summed E-state index contributed by atoms with van der Waals surface area (Å²) in [4.78, 5) is 40.7. The number of rotatable bonds is 7. The molecule has 4 heterocycles. The third-order valence-electron chi connectivity index (χ3n) is 8.99. The molecular weight excluding hydrogens is 570 g/mol. The molecule has 10 heteroatoms. The molecule has 1 aromatic heterocycles. The van der Waals surface area contributed by atoms with Gasteiger partial charge in [-0.15, -0.1) is 0 Å². The molecule has 4 unspecified atom stereocenters. The number of nitrogens with zero attached hydrogens (tertiary/aromatic N) is 5. The second-order valence-electron chi connectivity index (χ2n) is 11.7. The van der Waals surface area contributed by atoms with Crippen LogP contribution < -0.4 is 9.80 Å². The molecule has 4 atom stereocenters. The van der Waals surface area contributed by atoms with Gasteiger partial charge in [-0.1, -0.05) is 55.5 Å². The molecule has 3 aliphatic rings. The third-order valence-corrected chi connectivity index (χ3v) is 8.99. The van der Waals surface area contributed by atoms with E-state index in [0.29, 0.717) is 16.8 Å². The highest BCUT2D eigenvalue weighted by atomic mass is 16.7. The van der Waals surface area contributed by atoms with E-state index in [2.05, 4.69) is 26.7 Å². The van der Waals surface area contributed by atoms with Crippen LogP contribution in [0.3, 0.4) is 0 Å². The van der Waals surface area contributed by atoms with Crippen LogP contribution in [0.2, 0.25) is 0 Å². The number of aromatic nitrogens is 2. The van der Waals surface area contributed by atoms with E-state index in [4.69, 9.17) is 9.47 Å². The molecule has 2 saturated heterocycles. The van der Waals surface area contributed by atoms with E-state index in [-0.39, 0.29) is 36.5 Å². The summed E-state index contributed by atoms with van der Waals surface area (Å²) in [5.74, 6) is 0.152. The van der Waals surface area contributed by atoms with Crippen LogP contribution in [0.25, 0.3) is 0 Å². The molecule has 2 amide bonds. The molecular formula is C35H35N5O5. The van der Waals surface area contributed by atoms with Crippen LogP contribution in [0.5, 0.6) is 0 Å². The maximum atomic E-state index is 13.0. The summed E-state index contributed by atoms with van der Waals surface area (Å²) < 4.78 is 13.3. The van der Waals surface area contributed by atoms with Crippen molar-refractivity contribution in [2.45, 2.75) is 32.0 Å². The van der Waals surface area contributed by atoms with E-state index >= 15 is 0 Å². The van der Waals surface area contributed by atoms with Gasteiger partial charge in [0.1, 0.15) is 0 Å². The van der Waals surface area contributed by atoms with Crippen LogP contribution >= 0.6 is 0 Å². The first-order valence-corrected chi connectivity index (χ1v) is 15.3. The van der Waals surface area contributed by atoms with Gasteiger partial charge in [0, 0.05) is 56.6 Å². The molecule has 10 nitrogen and oxygen atoms in total. The lowest BCUT2D eigenvalue weighted by molar-refractivity contribution is -0.276. The summed E-state index contributed by atoms with van der Waals surface area (Å²) in [6, 6.07) is 23.8. The molecule has 4 aromatic rings. The van der Waals surface area contributed by atoms with Crippen LogP contribution in [-0.2, 0) is 16.1 Å². The smallest absolute Gasteiger partial charge is 0.266 e. The molecule has 0 spiro atoms. The minimum absolute atomic E-state index is 0.0187. The Morgan fingerprint density at radius 3 is 2.02 bits per heavy atom. The summed E-state index contributed by atoms with van der Waals surface area (Å²) in [5.41, 5.74) is 3.99. The fourth-order valence-electron chi connectivity index (χ4n) is 6.37. The number of aliphatic hydroxyl groups is 1. The predicted octanol–water partition coefficient (Wildman–Crippen LogP) is 4.38. The van der Waals surface area contributed by atoms with E-state index in [9.17, 15) is 14.7 Å². The number of hydrogen-bond acceptors (Lipinski definition) is 9. The average molecular weight is 606 g/mol. The highest BCUT2D eigenvalue weighted by Gasteiger charge is 2.40. The molecule has 0 aliphatic carbocycles. The predicted molar refractivity (Wildman–Crippen MR) is 168 cm³/mol. The van der Waals surface area contributed by atoms with Crippen molar-refractivity contribution in [2.24, 2.45) is 5.92 Å². The van der Waals surface area contributed by atoms with E-state index in [1.807, 2.05) is 42.5 Å². The number of benzene rings is 3. The number of aliphatic hydroxyl groups excluding tert-OH is 1. The van der Waals surface area contributed by atoms with Crippen molar-refractivity contribution in [3.63, 3.8) is 0 Å². The van der Waals surface area contributed by atoms with Gasteiger partial charge in [-0.3, -0.25) is 14.5 Å². The largest absolute Gasteiger partial charge is 0.392 e. The summed E-state index contributed by atoms with van der Waals surface area (Å²) >= 11 is 0. The summed E-state index contributed by atoms with van der Waals surface area (Å²) in [6.07, 6.45) is 2.53. The van der Waals surface area contributed by atoms with E-state index in [0.717, 1.165) is 55.4 Å². The molecule has 1 N–H and O–H groups in total. The Labute approximate surface area is 261 Å². The highest BCUT2D eigenvalue weighted by Crippen LogP contribution is 2.42. The molecule has 230 valence electrons. The summed E-state index contributed by atoms with van der Waals surface area (Å²) in [5, 5.41) is 9.57. The first-order valence-electron chi connectivity index (χ1n) is 15.3. The van der Waals surface area contributed by atoms with Gasteiger partial charge in [0.25, 0.3) is 11.8 Å². The van der Waals surface area contributed by atoms with Gasteiger partial charge >= 0.3 is 0 Å². The lowest BCUT2D eigenvalue weighted by Crippen LogP contribution is -2.51. The lowest BCUT2D eigenvalue weighted by Gasteiger charge is -2.44. The van der Waals surface area contributed by atoms with Crippen LogP contribution in [0.15, 0.2) is 91.3 Å². The van der Waals surface area contributed by atoms with Gasteiger partial charge in [0.05, 0.1) is 35.6 Å². The van der Waals surface area contributed by atoms with E-state index in [1.54, 1.807) is 48.8 Å². The molecule has 0 radical (unpaired) electrons. The Morgan fingerprint density at radius 1 is 0.778 bits per heavy atom. The van der Waals surface area contributed by atoms with E-state index < -0.39 is 6.29 Å². The summed E-state index contributed by atoms with van der Waals surface area (Å²) in [6.45, 7) is 6.26. The average Bonchev–Trinajstić information content (AvgIpc) is 3.35. The fraction of sp³-hybridized carbons (Fsp3) is 0.314. The van der Waals surface area contributed by atoms with Crippen molar-refractivity contribution in [1.82, 2.24) is 14.9 Å². The van der Waals surface area contributed by atoms with Crippen molar-refractivity contribution < 1.29 is 24.2 Å². The maximum absolute atomic E-state index is 13.0. The zero-order valence-electron chi connectivity index (χ0n) is 25.0. The van der Waals surface area contributed by atoms with Crippen molar-refractivity contribution in [3.8, 4) is 0 Å². The second kappa shape index (κ2) is 12.5. The van der Waals surface area contributed by atoms with Crippen LogP contribution in [0.1, 0.15) is 56.7 Å². The van der Waals surface area contributed by atoms with Gasteiger partial charge < -0.3 is 19.5 Å². The maximum Gasteiger partial charge on any atom is 0.266 e. The molecule has 45 heavy (non-hydrogen) atoms. The highest BCUT2D eigenvalue weighted by molar-refractivity contribution is 6.34. The number of imide groups is 1. The number of carbonyl (C=O) groups is 2. The second-order valence-corrected chi connectivity index (χ2v) is 11.7. The van der Waals surface area contributed by atoms with Crippen LogP contribution in [-0.4, -0.2) is 70.6 Å². The Balaban J connectivity index is 1.10. The Morgan fingerprint density at radius 2 is 1.40 bits per heavy atom. The number of piperazine rings is 1. The van der Waals surface area contributed by atoms with Gasteiger partial charge in [0.2, 0.25) is 5.95 Å². The Hall–Kier alpha value is -4.48. The van der Waals surface area contributed by atoms with Crippen molar-refractivity contribution >= 4 is 23.5 Å². The monoisotopic (exact) mass is 605 g/mol. The SMILES string of the molecule is CC1C(CN2CCN(c3ncccn3)CC2)OC(c2ccc(N3C(=O)c4ccccc4C3=O)cc2)OC1c1ccc(CO)cc1. The fourth-order valence-corrected chi connectivity index (χ4v) is 6.37. The van der Waals surface area contributed by atoms with Gasteiger partial charge in [-0.05, 0) is 41.5 Å². The molecule has 3 aliphatic heterocycles. The number of amides is 2. The zero-order valence-corrected chi connectivity index (χ0v) is 25.0. The number of carbonyl (C=O) groups excluding carboxylic acids is 2. The molecule has 0 bridgehead atoms. The number of ether oxygens (including phenoxy) is 2. The molecule has 0 saturated carbocycles. The van der Waals surface area contributed by atoms with Crippen molar-refractivity contribution in [1.29, 1.82) is 0 Å². The van der Waals surface area contributed by atoms with Crippen LogP contribution in [0, 0.1) is 5.92 Å². The number of hydrogen-bond donors (Lipinski definition) is 1. The Kier molecular flexibility index (Phi) is 8.12.